The van der Waals surface area contributed by atoms with E-state index < -0.39 is 0 Å². The zero-order chi connectivity index (χ0) is 13.3. The van der Waals surface area contributed by atoms with Crippen LogP contribution < -0.4 is 10.6 Å². The van der Waals surface area contributed by atoms with Crippen LogP contribution in [-0.2, 0) is 4.74 Å². The van der Waals surface area contributed by atoms with E-state index in [2.05, 4.69) is 41.1 Å². The standard InChI is InChI=1S/C15H21N3O/c1-12-3-5-13(6-4-12)18-14(16)17-11-15(18)7-2-9-19-10-8-15/h3-6H,2,7-11H2,1H3,(H2,16,17). The molecule has 0 radical (unpaired) electrons. The first-order valence-corrected chi connectivity index (χ1v) is 6.96. The molecule has 2 N–H and O–H groups in total. The molecule has 1 spiro atoms. The van der Waals surface area contributed by atoms with E-state index in [0.29, 0.717) is 5.96 Å². The summed E-state index contributed by atoms with van der Waals surface area (Å²) >= 11 is 0. The van der Waals surface area contributed by atoms with Gasteiger partial charge in [0.05, 0.1) is 12.1 Å². The predicted molar refractivity (Wildman–Crippen MR) is 77.5 cm³/mol. The number of aliphatic imine (C=N–C) groups is 1. The third-order valence-electron chi connectivity index (χ3n) is 4.17. The Bertz CT molecular complexity index is 473. The van der Waals surface area contributed by atoms with E-state index in [1.807, 2.05) is 0 Å². The lowest BCUT2D eigenvalue weighted by Crippen LogP contribution is -2.52. The largest absolute Gasteiger partial charge is 0.381 e. The number of hydrogen-bond acceptors (Lipinski definition) is 4. The molecular weight excluding hydrogens is 238 g/mol. The van der Waals surface area contributed by atoms with Crippen LogP contribution in [0.2, 0.25) is 0 Å². The number of anilines is 1. The number of aryl methyl sites for hydroxylation is 1. The molecule has 1 unspecified atom stereocenters. The highest BCUT2D eigenvalue weighted by Crippen LogP contribution is 2.36. The Balaban J connectivity index is 1.95. The van der Waals surface area contributed by atoms with Gasteiger partial charge in [0.2, 0.25) is 0 Å². The molecule has 19 heavy (non-hydrogen) atoms. The summed E-state index contributed by atoms with van der Waals surface area (Å²) in [5.41, 5.74) is 8.57. The lowest BCUT2D eigenvalue weighted by atomic mass is 9.89. The Morgan fingerprint density at radius 1 is 1.21 bits per heavy atom. The summed E-state index contributed by atoms with van der Waals surface area (Å²) in [5.74, 6) is 0.644. The minimum absolute atomic E-state index is 0.0237. The molecule has 1 aromatic carbocycles. The number of guanidine groups is 1. The first-order chi connectivity index (χ1) is 9.21. The summed E-state index contributed by atoms with van der Waals surface area (Å²) in [7, 11) is 0. The monoisotopic (exact) mass is 259 g/mol. The fourth-order valence-electron chi connectivity index (χ4n) is 3.09. The Morgan fingerprint density at radius 2 is 2.00 bits per heavy atom. The molecule has 2 aliphatic rings. The zero-order valence-corrected chi connectivity index (χ0v) is 11.4. The molecule has 3 rings (SSSR count). The van der Waals surface area contributed by atoms with Crippen LogP contribution in [0.1, 0.15) is 24.8 Å². The maximum Gasteiger partial charge on any atom is 0.196 e. The summed E-state index contributed by atoms with van der Waals surface area (Å²) in [5, 5.41) is 0. The van der Waals surface area contributed by atoms with E-state index in [-0.39, 0.29) is 5.54 Å². The first-order valence-electron chi connectivity index (χ1n) is 6.96. The van der Waals surface area contributed by atoms with E-state index in [0.717, 1.165) is 44.7 Å². The summed E-state index contributed by atoms with van der Waals surface area (Å²) in [6.07, 6.45) is 3.15. The second-order valence-electron chi connectivity index (χ2n) is 5.54. The van der Waals surface area contributed by atoms with Crippen molar-refractivity contribution in [2.24, 2.45) is 10.7 Å². The fraction of sp³-hybridized carbons (Fsp3) is 0.533. The zero-order valence-electron chi connectivity index (χ0n) is 11.4. The van der Waals surface area contributed by atoms with Crippen molar-refractivity contribution in [3.8, 4) is 0 Å². The second-order valence-corrected chi connectivity index (χ2v) is 5.54. The van der Waals surface area contributed by atoms with Crippen LogP contribution >= 0.6 is 0 Å². The van der Waals surface area contributed by atoms with Crippen LogP contribution in [-0.4, -0.2) is 31.3 Å². The van der Waals surface area contributed by atoms with Crippen molar-refractivity contribution in [1.82, 2.24) is 0 Å². The third-order valence-corrected chi connectivity index (χ3v) is 4.17. The van der Waals surface area contributed by atoms with Crippen molar-refractivity contribution >= 4 is 11.6 Å². The average Bonchev–Trinajstić information content (AvgIpc) is 2.60. The Kier molecular flexibility index (Phi) is 3.19. The van der Waals surface area contributed by atoms with E-state index in [1.165, 1.54) is 5.56 Å². The molecule has 4 nitrogen and oxygen atoms in total. The molecule has 1 aromatic rings. The maximum absolute atomic E-state index is 6.14. The Morgan fingerprint density at radius 3 is 2.79 bits per heavy atom. The van der Waals surface area contributed by atoms with Gasteiger partial charge in [-0.05, 0) is 38.3 Å². The van der Waals surface area contributed by atoms with Gasteiger partial charge in [0.1, 0.15) is 0 Å². The molecule has 0 saturated carbocycles. The van der Waals surface area contributed by atoms with E-state index in [9.17, 15) is 0 Å². The van der Waals surface area contributed by atoms with Gasteiger partial charge in [0.25, 0.3) is 0 Å². The van der Waals surface area contributed by atoms with Gasteiger partial charge in [0, 0.05) is 18.9 Å². The van der Waals surface area contributed by atoms with Crippen molar-refractivity contribution in [3.05, 3.63) is 29.8 Å². The van der Waals surface area contributed by atoms with Gasteiger partial charge in [0.15, 0.2) is 5.96 Å². The third kappa shape index (κ3) is 2.21. The smallest absolute Gasteiger partial charge is 0.196 e. The quantitative estimate of drug-likeness (QED) is 0.840. The van der Waals surface area contributed by atoms with E-state index in [4.69, 9.17) is 10.5 Å². The maximum atomic E-state index is 6.14. The molecular formula is C15H21N3O. The van der Waals surface area contributed by atoms with Crippen LogP contribution in [0.15, 0.2) is 29.3 Å². The van der Waals surface area contributed by atoms with Gasteiger partial charge in [-0.15, -0.1) is 0 Å². The molecule has 4 heteroatoms. The van der Waals surface area contributed by atoms with Crippen LogP contribution in [0.4, 0.5) is 5.69 Å². The minimum atomic E-state index is 0.0237. The average molecular weight is 259 g/mol. The van der Waals surface area contributed by atoms with Gasteiger partial charge in [-0.3, -0.25) is 4.99 Å². The number of nitrogens with zero attached hydrogens (tertiary/aromatic N) is 2. The van der Waals surface area contributed by atoms with Crippen LogP contribution in [0.25, 0.3) is 0 Å². The van der Waals surface area contributed by atoms with Crippen LogP contribution in [0.5, 0.6) is 0 Å². The summed E-state index contributed by atoms with van der Waals surface area (Å²) < 4.78 is 5.60. The molecule has 0 aliphatic carbocycles. The van der Waals surface area contributed by atoms with Crippen molar-refractivity contribution in [2.45, 2.75) is 31.7 Å². The Hall–Kier alpha value is -1.55. The second kappa shape index (κ2) is 4.85. The van der Waals surface area contributed by atoms with Crippen molar-refractivity contribution in [3.63, 3.8) is 0 Å². The lowest BCUT2D eigenvalue weighted by Gasteiger charge is -2.38. The molecule has 1 atom stereocenters. The normalized spacial score (nSPS) is 27.4. The topological polar surface area (TPSA) is 50.8 Å². The number of benzene rings is 1. The van der Waals surface area contributed by atoms with Crippen LogP contribution in [0, 0.1) is 6.92 Å². The lowest BCUT2D eigenvalue weighted by molar-refractivity contribution is 0.140. The number of rotatable bonds is 1. The molecule has 1 saturated heterocycles. The highest BCUT2D eigenvalue weighted by Gasteiger charge is 2.43. The van der Waals surface area contributed by atoms with Gasteiger partial charge >= 0.3 is 0 Å². The van der Waals surface area contributed by atoms with Crippen molar-refractivity contribution in [2.75, 3.05) is 24.7 Å². The molecule has 0 bridgehead atoms. The molecule has 102 valence electrons. The van der Waals surface area contributed by atoms with E-state index in [1.54, 1.807) is 0 Å². The molecule has 1 fully saturated rings. The van der Waals surface area contributed by atoms with Gasteiger partial charge in [-0.25, -0.2) is 0 Å². The van der Waals surface area contributed by atoms with Gasteiger partial charge < -0.3 is 15.4 Å². The summed E-state index contributed by atoms with van der Waals surface area (Å²) in [4.78, 5) is 6.72. The van der Waals surface area contributed by atoms with Gasteiger partial charge in [-0.2, -0.15) is 0 Å². The molecule has 0 aromatic heterocycles. The predicted octanol–water partition coefficient (Wildman–Crippen LogP) is 2.07. The van der Waals surface area contributed by atoms with Gasteiger partial charge in [-0.1, -0.05) is 17.7 Å². The highest BCUT2D eigenvalue weighted by molar-refractivity contribution is 5.98. The highest BCUT2D eigenvalue weighted by atomic mass is 16.5. The van der Waals surface area contributed by atoms with Crippen molar-refractivity contribution in [1.29, 1.82) is 0 Å². The summed E-state index contributed by atoms with van der Waals surface area (Å²) in [6.45, 7) is 4.53. The van der Waals surface area contributed by atoms with Crippen LogP contribution in [0.3, 0.4) is 0 Å². The number of nitrogens with two attached hydrogens (primary N) is 1. The first kappa shape index (κ1) is 12.5. The fourth-order valence-corrected chi connectivity index (χ4v) is 3.09. The SMILES string of the molecule is Cc1ccc(N2C(N)=NCC23CCCOCC3)cc1. The summed E-state index contributed by atoms with van der Waals surface area (Å²) in [6, 6.07) is 8.52. The Labute approximate surface area is 114 Å². The van der Waals surface area contributed by atoms with Crippen molar-refractivity contribution < 1.29 is 4.74 Å². The van der Waals surface area contributed by atoms with E-state index >= 15 is 0 Å². The molecule has 2 heterocycles. The number of hydrogen-bond donors (Lipinski definition) is 1. The molecule has 0 amide bonds. The minimum Gasteiger partial charge on any atom is -0.381 e. The number of ether oxygens (including phenoxy) is 1. The molecule has 2 aliphatic heterocycles.